The Morgan fingerprint density at radius 2 is 1.74 bits per heavy atom. The van der Waals surface area contributed by atoms with Crippen LogP contribution < -0.4 is 5.32 Å². The Hall–Kier alpha value is -2.05. The van der Waals surface area contributed by atoms with Crippen molar-refractivity contribution < 1.29 is 22.8 Å². The lowest BCUT2D eigenvalue weighted by molar-refractivity contribution is -0.173. The summed E-state index contributed by atoms with van der Waals surface area (Å²) in [6.07, 6.45) is -3.32. The summed E-state index contributed by atoms with van der Waals surface area (Å²) in [6, 6.07) is 9.40. The fourth-order valence-electron chi connectivity index (χ4n) is 2.61. The molecule has 0 spiro atoms. The van der Waals surface area contributed by atoms with Crippen LogP contribution in [0.4, 0.5) is 13.2 Å². The van der Waals surface area contributed by atoms with Gasteiger partial charge in [0.05, 0.1) is 6.42 Å². The van der Waals surface area contributed by atoms with E-state index in [4.69, 9.17) is 0 Å². The number of piperidine rings is 1. The van der Waals surface area contributed by atoms with E-state index in [9.17, 15) is 22.8 Å². The quantitative estimate of drug-likeness (QED) is 0.921. The van der Waals surface area contributed by atoms with Gasteiger partial charge in [0.1, 0.15) is 0 Å². The van der Waals surface area contributed by atoms with Crippen molar-refractivity contribution in [1.29, 1.82) is 0 Å². The van der Waals surface area contributed by atoms with Crippen LogP contribution >= 0.6 is 0 Å². The first-order chi connectivity index (χ1) is 10.9. The molecular formula is C16H19F3N2O2. The van der Waals surface area contributed by atoms with Crippen molar-refractivity contribution in [1.82, 2.24) is 10.2 Å². The number of rotatable bonds is 4. The van der Waals surface area contributed by atoms with Crippen LogP contribution in [-0.4, -0.2) is 42.5 Å². The molecule has 1 aromatic rings. The summed E-state index contributed by atoms with van der Waals surface area (Å²) in [4.78, 5) is 24.7. The van der Waals surface area contributed by atoms with Crippen LogP contribution in [0.5, 0.6) is 0 Å². The van der Waals surface area contributed by atoms with E-state index in [-0.39, 0.29) is 18.4 Å². The van der Waals surface area contributed by atoms with Gasteiger partial charge in [0, 0.05) is 19.6 Å². The largest absolute Gasteiger partial charge is 0.471 e. The summed E-state index contributed by atoms with van der Waals surface area (Å²) < 4.78 is 36.3. The highest BCUT2D eigenvalue weighted by Gasteiger charge is 2.38. The van der Waals surface area contributed by atoms with E-state index in [1.54, 1.807) is 4.90 Å². The van der Waals surface area contributed by atoms with Crippen LogP contribution in [0.25, 0.3) is 0 Å². The van der Waals surface area contributed by atoms with Crippen LogP contribution in [0.1, 0.15) is 18.4 Å². The molecule has 126 valence electrons. The molecule has 2 amide bonds. The smallest absolute Gasteiger partial charge is 0.348 e. The van der Waals surface area contributed by atoms with E-state index in [1.165, 1.54) is 0 Å². The molecule has 0 bridgehead atoms. The summed E-state index contributed by atoms with van der Waals surface area (Å²) in [5.41, 5.74) is 0.942. The molecule has 1 fully saturated rings. The predicted molar refractivity (Wildman–Crippen MR) is 78.5 cm³/mol. The Morgan fingerprint density at radius 3 is 2.30 bits per heavy atom. The minimum absolute atomic E-state index is 0.000933. The van der Waals surface area contributed by atoms with Gasteiger partial charge in [-0.25, -0.2) is 0 Å². The van der Waals surface area contributed by atoms with Gasteiger partial charge in [0.2, 0.25) is 5.91 Å². The maximum Gasteiger partial charge on any atom is 0.471 e. The molecule has 4 nitrogen and oxygen atoms in total. The Labute approximate surface area is 132 Å². The van der Waals surface area contributed by atoms with Gasteiger partial charge in [-0.3, -0.25) is 9.59 Å². The molecule has 1 heterocycles. The number of alkyl halides is 3. The van der Waals surface area contributed by atoms with Gasteiger partial charge in [0.15, 0.2) is 0 Å². The van der Waals surface area contributed by atoms with Crippen molar-refractivity contribution in [2.75, 3.05) is 19.6 Å². The Kier molecular flexibility index (Phi) is 5.63. The topological polar surface area (TPSA) is 49.4 Å². The first-order valence-corrected chi connectivity index (χ1v) is 7.53. The number of hydrogen-bond acceptors (Lipinski definition) is 2. The van der Waals surface area contributed by atoms with E-state index in [0.29, 0.717) is 32.4 Å². The number of amides is 2. The van der Waals surface area contributed by atoms with Gasteiger partial charge in [-0.2, -0.15) is 13.2 Å². The molecule has 1 N–H and O–H groups in total. The van der Waals surface area contributed by atoms with Gasteiger partial charge in [0.25, 0.3) is 0 Å². The van der Waals surface area contributed by atoms with Crippen molar-refractivity contribution in [2.24, 2.45) is 5.92 Å². The molecule has 0 saturated carbocycles. The summed E-state index contributed by atoms with van der Waals surface area (Å²) in [5.74, 6) is -1.91. The second-order valence-electron chi connectivity index (χ2n) is 5.69. The Morgan fingerprint density at radius 1 is 1.13 bits per heavy atom. The van der Waals surface area contributed by atoms with E-state index < -0.39 is 12.1 Å². The Bertz CT molecular complexity index is 538. The molecule has 23 heavy (non-hydrogen) atoms. The van der Waals surface area contributed by atoms with Crippen molar-refractivity contribution in [3.05, 3.63) is 35.9 Å². The molecule has 1 aromatic carbocycles. The fraction of sp³-hybridized carbons (Fsp3) is 0.500. The number of carbonyl (C=O) groups is 2. The van der Waals surface area contributed by atoms with Gasteiger partial charge in [-0.1, -0.05) is 30.3 Å². The second kappa shape index (κ2) is 7.48. The minimum Gasteiger partial charge on any atom is -0.348 e. The van der Waals surface area contributed by atoms with E-state index in [0.717, 1.165) is 5.56 Å². The molecule has 7 heteroatoms. The maximum absolute atomic E-state index is 12.2. The van der Waals surface area contributed by atoms with Crippen molar-refractivity contribution in [3.63, 3.8) is 0 Å². The summed E-state index contributed by atoms with van der Waals surface area (Å²) in [5, 5.41) is 1.91. The highest BCUT2D eigenvalue weighted by Crippen LogP contribution is 2.19. The average molecular weight is 328 g/mol. The first-order valence-electron chi connectivity index (χ1n) is 7.53. The molecule has 1 aliphatic rings. The normalized spacial score (nSPS) is 16.2. The second-order valence-corrected chi connectivity index (χ2v) is 5.69. The zero-order chi connectivity index (χ0) is 16.9. The lowest BCUT2D eigenvalue weighted by atomic mass is 9.96. The number of hydrogen-bond donors (Lipinski definition) is 1. The van der Waals surface area contributed by atoms with E-state index in [1.807, 2.05) is 35.6 Å². The monoisotopic (exact) mass is 328 g/mol. The molecule has 0 atom stereocenters. The molecule has 1 aliphatic heterocycles. The number of halogens is 3. The fourth-order valence-corrected chi connectivity index (χ4v) is 2.61. The van der Waals surface area contributed by atoms with E-state index in [2.05, 4.69) is 0 Å². The third-order valence-corrected chi connectivity index (χ3v) is 3.97. The molecule has 0 radical (unpaired) electrons. The van der Waals surface area contributed by atoms with Crippen LogP contribution in [0.15, 0.2) is 30.3 Å². The van der Waals surface area contributed by atoms with Crippen LogP contribution in [0.2, 0.25) is 0 Å². The van der Waals surface area contributed by atoms with E-state index >= 15 is 0 Å². The lowest BCUT2D eigenvalue weighted by Crippen LogP contribution is -2.44. The van der Waals surface area contributed by atoms with Crippen LogP contribution in [0.3, 0.4) is 0 Å². The summed E-state index contributed by atoms with van der Waals surface area (Å²) in [7, 11) is 0. The highest BCUT2D eigenvalue weighted by atomic mass is 19.4. The Balaban J connectivity index is 1.73. The number of benzene rings is 1. The van der Waals surface area contributed by atoms with Crippen molar-refractivity contribution in [3.8, 4) is 0 Å². The van der Waals surface area contributed by atoms with Gasteiger partial charge in [-0.05, 0) is 24.3 Å². The molecule has 0 unspecified atom stereocenters. The van der Waals surface area contributed by atoms with Gasteiger partial charge >= 0.3 is 12.1 Å². The molecule has 0 aromatic heterocycles. The zero-order valence-corrected chi connectivity index (χ0v) is 12.6. The first kappa shape index (κ1) is 17.3. The SMILES string of the molecule is O=C(Cc1ccccc1)N1CCC(CNC(=O)C(F)(F)F)CC1. The molecule has 0 aliphatic carbocycles. The minimum atomic E-state index is -4.84. The molecule has 2 rings (SSSR count). The molecular weight excluding hydrogens is 309 g/mol. The number of likely N-dealkylation sites (tertiary alicyclic amines) is 1. The van der Waals surface area contributed by atoms with Crippen molar-refractivity contribution >= 4 is 11.8 Å². The van der Waals surface area contributed by atoms with Crippen LogP contribution in [-0.2, 0) is 16.0 Å². The zero-order valence-electron chi connectivity index (χ0n) is 12.6. The number of carbonyl (C=O) groups excluding carboxylic acids is 2. The number of nitrogens with zero attached hydrogens (tertiary/aromatic N) is 1. The summed E-state index contributed by atoms with van der Waals surface area (Å²) in [6.45, 7) is 1.02. The standard InChI is InChI=1S/C16H19F3N2O2/c17-16(18,19)15(23)20-11-13-6-8-21(9-7-13)14(22)10-12-4-2-1-3-5-12/h1-5,13H,6-11H2,(H,20,23). The van der Waals surface area contributed by atoms with Crippen LogP contribution in [0, 0.1) is 5.92 Å². The third-order valence-electron chi connectivity index (χ3n) is 3.97. The highest BCUT2D eigenvalue weighted by molar-refractivity contribution is 5.81. The summed E-state index contributed by atoms with van der Waals surface area (Å²) >= 11 is 0. The number of nitrogens with one attached hydrogen (secondary N) is 1. The average Bonchev–Trinajstić information content (AvgIpc) is 2.53. The third kappa shape index (κ3) is 5.26. The van der Waals surface area contributed by atoms with Crippen molar-refractivity contribution in [2.45, 2.75) is 25.4 Å². The lowest BCUT2D eigenvalue weighted by Gasteiger charge is -2.32. The predicted octanol–water partition coefficient (Wildman–Crippen LogP) is 2.15. The maximum atomic E-state index is 12.2. The molecule has 1 saturated heterocycles. The van der Waals surface area contributed by atoms with Gasteiger partial charge in [-0.15, -0.1) is 0 Å². The van der Waals surface area contributed by atoms with Gasteiger partial charge < -0.3 is 10.2 Å².